The van der Waals surface area contributed by atoms with E-state index in [1.54, 1.807) is 0 Å². The highest BCUT2D eigenvalue weighted by atomic mass is 79.9. The number of fused-ring (bicyclic) bond motifs is 1. The van der Waals surface area contributed by atoms with E-state index in [2.05, 4.69) is 26.1 Å². The van der Waals surface area contributed by atoms with Gasteiger partial charge < -0.3 is 10.5 Å². The molecule has 0 fully saturated rings. The number of hydrogen-bond donors (Lipinski definition) is 1. The maximum Gasteiger partial charge on any atom is 0.160 e. The molecule has 3 rings (SSSR count). The Bertz CT molecular complexity index is 729. The Kier molecular flexibility index (Phi) is 4.28. The van der Waals surface area contributed by atoms with Gasteiger partial charge >= 0.3 is 0 Å². The smallest absolute Gasteiger partial charge is 0.160 e. The molecule has 0 saturated heterocycles. The van der Waals surface area contributed by atoms with Gasteiger partial charge in [-0.25, -0.2) is 0 Å². The number of halogens is 1. The summed E-state index contributed by atoms with van der Waals surface area (Å²) in [6.07, 6.45) is 1.90. The SMILES string of the molecule is N[C@H](COCc1ccccc1)c1nnc2ccc(Br)cn12. The fourth-order valence-corrected chi connectivity index (χ4v) is 2.42. The largest absolute Gasteiger partial charge is 0.375 e. The van der Waals surface area contributed by atoms with Crippen LogP contribution in [0.2, 0.25) is 0 Å². The van der Waals surface area contributed by atoms with Crippen LogP contribution in [-0.2, 0) is 11.3 Å². The van der Waals surface area contributed by atoms with Crippen LogP contribution < -0.4 is 5.73 Å². The van der Waals surface area contributed by atoms with E-state index in [9.17, 15) is 0 Å². The first-order chi connectivity index (χ1) is 10.2. The van der Waals surface area contributed by atoms with Gasteiger partial charge in [0, 0.05) is 10.7 Å². The predicted octanol–water partition coefficient (Wildman–Crippen LogP) is 2.71. The first-order valence-corrected chi connectivity index (χ1v) is 7.41. The molecule has 5 nitrogen and oxygen atoms in total. The van der Waals surface area contributed by atoms with Gasteiger partial charge in [-0.1, -0.05) is 30.3 Å². The van der Waals surface area contributed by atoms with Crippen LogP contribution in [0, 0.1) is 0 Å². The van der Waals surface area contributed by atoms with Crippen LogP contribution in [0.25, 0.3) is 5.65 Å². The second-order valence-electron chi connectivity index (χ2n) is 4.74. The van der Waals surface area contributed by atoms with Crippen LogP contribution in [0.15, 0.2) is 53.1 Å². The molecule has 0 radical (unpaired) electrons. The maximum absolute atomic E-state index is 6.16. The molecule has 0 bridgehead atoms. The quantitative estimate of drug-likeness (QED) is 0.771. The lowest BCUT2D eigenvalue weighted by Crippen LogP contribution is -2.20. The average Bonchev–Trinajstić information content (AvgIpc) is 2.91. The summed E-state index contributed by atoms with van der Waals surface area (Å²) >= 11 is 3.44. The van der Waals surface area contributed by atoms with Crippen molar-refractivity contribution >= 4 is 21.6 Å². The summed E-state index contributed by atoms with van der Waals surface area (Å²) < 4.78 is 8.49. The zero-order valence-corrected chi connectivity index (χ0v) is 12.9. The van der Waals surface area contributed by atoms with Gasteiger partial charge in [-0.05, 0) is 33.6 Å². The van der Waals surface area contributed by atoms with Crippen molar-refractivity contribution in [1.82, 2.24) is 14.6 Å². The summed E-state index contributed by atoms with van der Waals surface area (Å²) in [5.74, 6) is 0.694. The number of hydrogen-bond acceptors (Lipinski definition) is 4. The molecule has 6 heteroatoms. The molecule has 0 spiro atoms. The van der Waals surface area contributed by atoms with Crippen LogP contribution >= 0.6 is 15.9 Å². The molecule has 21 heavy (non-hydrogen) atoms. The molecular formula is C15H15BrN4O. The molecule has 2 heterocycles. The summed E-state index contributed by atoms with van der Waals surface area (Å²) in [6.45, 7) is 0.928. The first kappa shape index (κ1) is 14.2. The summed E-state index contributed by atoms with van der Waals surface area (Å²) in [7, 11) is 0. The van der Waals surface area contributed by atoms with E-state index in [4.69, 9.17) is 10.5 Å². The van der Waals surface area contributed by atoms with Crippen LogP contribution in [0.1, 0.15) is 17.4 Å². The number of pyridine rings is 1. The van der Waals surface area contributed by atoms with Gasteiger partial charge in [-0.15, -0.1) is 10.2 Å². The third-order valence-corrected chi connectivity index (χ3v) is 3.60. The Morgan fingerprint density at radius 2 is 1.95 bits per heavy atom. The molecule has 1 aromatic carbocycles. The number of aromatic nitrogens is 3. The standard InChI is InChI=1S/C15H15BrN4O/c16-12-6-7-14-18-19-15(20(14)8-12)13(17)10-21-9-11-4-2-1-3-5-11/h1-8,13H,9-10,17H2/t13-/m1/s1. The summed E-state index contributed by atoms with van der Waals surface area (Å²) in [4.78, 5) is 0. The van der Waals surface area contributed by atoms with Gasteiger partial charge in [-0.3, -0.25) is 4.40 Å². The van der Waals surface area contributed by atoms with Crippen molar-refractivity contribution in [2.45, 2.75) is 12.6 Å². The number of benzene rings is 1. The molecule has 2 aromatic heterocycles. The van der Waals surface area contributed by atoms with Gasteiger partial charge in [0.25, 0.3) is 0 Å². The Morgan fingerprint density at radius 1 is 1.14 bits per heavy atom. The first-order valence-electron chi connectivity index (χ1n) is 6.61. The molecule has 3 aromatic rings. The average molecular weight is 347 g/mol. The van der Waals surface area contributed by atoms with E-state index >= 15 is 0 Å². The molecule has 0 amide bonds. The minimum Gasteiger partial charge on any atom is -0.375 e. The lowest BCUT2D eigenvalue weighted by Gasteiger charge is -2.11. The summed E-state index contributed by atoms with van der Waals surface area (Å²) in [5.41, 5.74) is 8.05. The van der Waals surface area contributed by atoms with Crippen molar-refractivity contribution in [2.24, 2.45) is 5.73 Å². The van der Waals surface area contributed by atoms with Crippen molar-refractivity contribution in [3.05, 3.63) is 64.5 Å². The van der Waals surface area contributed by atoms with Gasteiger partial charge in [-0.2, -0.15) is 0 Å². The molecule has 0 aliphatic heterocycles. The minimum atomic E-state index is -0.321. The van der Waals surface area contributed by atoms with E-state index in [1.165, 1.54) is 0 Å². The number of ether oxygens (including phenoxy) is 1. The lowest BCUT2D eigenvalue weighted by atomic mass is 10.2. The van der Waals surface area contributed by atoms with Crippen molar-refractivity contribution in [3.8, 4) is 0 Å². The topological polar surface area (TPSA) is 65.4 Å². The van der Waals surface area contributed by atoms with Gasteiger partial charge in [0.15, 0.2) is 11.5 Å². The highest BCUT2D eigenvalue weighted by Gasteiger charge is 2.14. The summed E-state index contributed by atoms with van der Waals surface area (Å²) in [5, 5.41) is 8.25. The van der Waals surface area contributed by atoms with Crippen molar-refractivity contribution in [1.29, 1.82) is 0 Å². The van der Waals surface area contributed by atoms with E-state index in [0.717, 1.165) is 15.7 Å². The molecule has 0 aliphatic rings. The number of nitrogens with zero attached hydrogens (tertiary/aromatic N) is 3. The molecular weight excluding hydrogens is 332 g/mol. The molecule has 1 atom stereocenters. The normalized spacial score (nSPS) is 12.7. The Hall–Kier alpha value is -1.76. The predicted molar refractivity (Wildman–Crippen MR) is 83.7 cm³/mol. The van der Waals surface area contributed by atoms with E-state index in [-0.39, 0.29) is 6.04 Å². The number of rotatable bonds is 5. The second-order valence-corrected chi connectivity index (χ2v) is 5.66. The van der Waals surface area contributed by atoms with E-state index in [1.807, 2.05) is 53.1 Å². The third-order valence-electron chi connectivity index (χ3n) is 3.13. The lowest BCUT2D eigenvalue weighted by molar-refractivity contribution is 0.106. The Morgan fingerprint density at radius 3 is 2.76 bits per heavy atom. The molecule has 0 unspecified atom stereocenters. The Balaban J connectivity index is 1.67. The van der Waals surface area contributed by atoms with Gasteiger partial charge in [0.05, 0.1) is 19.3 Å². The zero-order valence-electron chi connectivity index (χ0n) is 11.3. The molecule has 108 valence electrons. The van der Waals surface area contributed by atoms with Crippen molar-refractivity contribution in [3.63, 3.8) is 0 Å². The van der Waals surface area contributed by atoms with E-state index < -0.39 is 0 Å². The third kappa shape index (κ3) is 3.29. The van der Waals surface area contributed by atoms with Gasteiger partial charge in [0.2, 0.25) is 0 Å². The fourth-order valence-electron chi connectivity index (χ4n) is 2.09. The maximum atomic E-state index is 6.16. The van der Waals surface area contributed by atoms with Crippen LogP contribution in [-0.4, -0.2) is 21.2 Å². The zero-order chi connectivity index (χ0) is 14.7. The minimum absolute atomic E-state index is 0.321. The monoisotopic (exact) mass is 346 g/mol. The van der Waals surface area contributed by atoms with Crippen LogP contribution in [0.4, 0.5) is 0 Å². The fraction of sp³-hybridized carbons (Fsp3) is 0.200. The highest BCUT2D eigenvalue weighted by molar-refractivity contribution is 9.10. The number of nitrogens with two attached hydrogens (primary N) is 1. The van der Waals surface area contributed by atoms with Crippen LogP contribution in [0.5, 0.6) is 0 Å². The second kappa shape index (κ2) is 6.34. The highest BCUT2D eigenvalue weighted by Crippen LogP contribution is 2.16. The van der Waals surface area contributed by atoms with Crippen LogP contribution in [0.3, 0.4) is 0 Å². The van der Waals surface area contributed by atoms with Gasteiger partial charge in [0.1, 0.15) is 0 Å². The van der Waals surface area contributed by atoms with Crippen molar-refractivity contribution in [2.75, 3.05) is 6.61 Å². The van der Waals surface area contributed by atoms with E-state index in [0.29, 0.717) is 19.0 Å². The summed E-state index contributed by atoms with van der Waals surface area (Å²) in [6, 6.07) is 13.5. The Labute approximate surface area is 130 Å². The molecule has 0 aliphatic carbocycles. The van der Waals surface area contributed by atoms with Crippen molar-refractivity contribution < 1.29 is 4.74 Å². The molecule has 0 saturated carbocycles. The molecule has 2 N–H and O–H groups in total.